The van der Waals surface area contributed by atoms with Gasteiger partial charge in [0.25, 0.3) is 0 Å². The van der Waals surface area contributed by atoms with Crippen molar-refractivity contribution >= 4 is 60.5 Å². The zero-order valence-electron chi connectivity index (χ0n) is 26.9. The van der Waals surface area contributed by atoms with Crippen molar-refractivity contribution in [3.05, 3.63) is 180 Å². The highest BCUT2D eigenvalue weighted by Gasteiger charge is 2.12. The Labute approximate surface area is 280 Å². The van der Waals surface area contributed by atoms with Crippen LogP contribution in [0.15, 0.2) is 168 Å². The molecule has 0 aliphatic heterocycles. The van der Waals surface area contributed by atoms with Gasteiger partial charge in [-0.25, -0.2) is 0 Å². The lowest BCUT2D eigenvalue weighted by Gasteiger charge is -2.09. The second-order valence-electron chi connectivity index (χ2n) is 11.9. The van der Waals surface area contributed by atoms with Gasteiger partial charge in [-0.2, -0.15) is 0 Å². The van der Waals surface area contributed by atoms with Crippen LogP contribution >= 0.6 is 0 Å². The molecule has 0 bridgehead atoms. The van der Waals surface area contributed by atoms with Gasteiger partial charge in [0.05, 0.1) is 0 Å². The summed E-state index contributed by atoms with van der Waals surface area (Å²) >= 11 is 0. The van der Waals surface area contributed by atoms with Crippen molar-refractivity contribution in [1.29, 1.82) is 5.41 Å². The number of benzene rings is 8. The monoisotopic (exact) mass is 620 g/mol. The molecule has 0 radical (unpaired) electrons. The molecular formula is C45H36N2O. The summed E-state index contributed by atoms with van der Waals surface area (Å²) in [5, 5.41) is 17.5. The van der Waals surface area contributed by atoms with Gasteiger partial charge in [-0.05, 0) is 80.2 Å². The molecule has 9 aromatic rings. The standard InChI is InChI=1S/C31H19NO.C7H9N.C7H8/c32-18-23-5-3-7-30-31(23)28-17-21(11-15-29(28)33-30)20-9-12-25-22(16-20)10-14-26-24-6-2-1-4-19(24)8-13-27(25)26;8-6-7-4-2-1-3-5-7;1-7-5-3-2-4-6-7/h1-18,32H;1-5H,6,8H2;2-6H,1H3. The van der Waals surface area contributed by atoms with Crippen molar-refractivity contribution in [2.24, 2.45) is 5.73 Å². The summed E-state index contributed by atoms with van der Waals surface area (Å²) in [6.07, 6.45) is 1.40. The number of rotatable bonds is 3. The van der Waals surface area contributed by atoms with E-state index in [-0.39, 0.29) is 0 Å². The van der Waals surface area contributed by atoms with E-state index >= 15 is 0 Å². The Kier molecular flexibility index (Phi) is 8.78. The van der Waals surface area contributed by atoms with Crippen LogP contribution in [0.5, 0.6) is 0 Å². The Balaban J connectivity index is 0.000000201. The van der Waals surface area contributed by atoms with Gasteiger partial charge in [0.15, 0.2) is 0 Å². The highest BCUT2D eigenvalue weighted by molar-refractivity contribution is 6.18. The van der Waals surface area contributed by atoms with Crippen LogP contribution in [-0.2, 0) is 6.54 Å². The van der Waals surface area contributed by atoms with E-state index < -0.39 is 0 Å². The molecule has 0 aliphatic rings. The first-order valence-electron chi connectivity index (χ1n) is 16.2. The minimum atomic E-state index is 0.640. The third-order valence-corrected chi connectivity index (χ3v) is 8.78. The van der Waals surface area contributed by atoms with Crippen LogP contribution in [-0.4, -0.2) is 6.21 Å². The Bertz CT molecular complexity index is 2510. The van der Waals surface area contributed by atoms with E-state index in [4.69, 9.17) is 15.6 Å². The zero-order chi connectivity index (χ0) is 32.9. The van der Waals surface area contributed by atoms with Crippen molar-refractivity contribution < 1.29 is 4.42 Å². The van der Waals surface area contributed by atoms with Crippen molar-refractivity contribution in [3.63, 3.8) is 0 Å². The number of hydrogen-bond acceptors (Lipinski definition) is 3. The van der Waals surface area contributed by atoms with Crippen LogP contribution in [0.2, 0.25) is 0 Å². The average Bonchev–Trinajstić information content (AvgIpc) is 3.54. The van der Waals surface area contributed by atoms with E-state index in [1.54, 1.807) is 0 Å². The van der Waals surface area contributed by atoms with E-state index in [0.29, 0.717) is 6.54 Å². The molecule has 3 heteroatoms. The molecule has 9 rings (SSSR count). The number of aryl methyl sites for hydroxylation is 1. The van der Waals surface area contributed by atoms with Gasteiger partial charge >= 0.3 is 0 Å². The summed E-state index contributed by atoms with van der Waals surface area (Å²) in [5.74, 6) is 0. The van der Waals surface area contributed by atoms with Crippen LogP contribution in [0.25, 0.3) is 65.4 Å². The lowest BCUT2D eigenvalue weighted by Crippen LogP contribution is -1.94. The molecule has 1 heterocycles. The smallest absolute Gasteiger partial charge is 0.136 e. The van der Waals surface area contributed by atoms with Gasteiger partial charge in [0.1, 0.15) is 11.2 Å². The van der Waals surface area contributed by atoms with E-state index in [9.17, 15) is 0 Å². The number of nitrogens with one attached hydrogen (secondary N) is 1. The fourth-order valence-electron chi connectivity index (χ4n) is 6.31. The first-order chi connectivity index (χ1) is 23.6. The number of furan rings is 1. The maximum absolute atomic E-state index is 7.80. The van der Waals surface area contributed by atoms with Crippen LogP contribution in [0.1, 0.15) is 16.7 Å². The van der Waals surface area contributed by atoms with E-state index in [1.165, 1.54) is 55.2 Å². The molecule has 0 spiro atoms. The molecule has 0 unspecified atom stereocenters. The second-order valence-corrected chi connectivity index (χ2v) is 11.9. The predicted molar refractivity (Wildman–Crippen MR) is 205 cm³/mol. The molecule has 0 atom stereocenters. The van der Waals surface area contributed by atoms with Crippen molar-refractivity contribution in [3.8, 4) is 11.1 Å². The molecule has 0 saturated heterocycles. The van der Waals surface area contributed by atoms with Gasteiger partial charge in [0, 0.05) is 29.1 Å². The lowest BCUT2D eigenvalue weighted by atomic mass is 9.94. The van der Waals surface area contributed by atoms with Gasteiger partial charge in [-0.1, -0.05) is 145 Å². The van der Waals surface area contributed by atoms with Crippen molar-refractivity contribution in [2.75, 3.05) is 0 Å². The first-order valence-corrected chi connectivity index (χ1v) is 16.2. The van der Waals surface area contributed by atoms with Gasteiger partial charge in [0.2, 0.25) is 0 Å². The van der Waals surface area contributed by atoms with Gasteiger partial charge in [-0.15, -0.1) is 0 Å². The zero-order valence-corrected chi connectivity index (χ0v) is 26.9. The van der Waals surface area contributed by atoms with Crippen LogP contribution in [0.3, 0.4) is 0 Å². The molecule has 0 amide bonds. The Morgan fingerprint density at radius 3 is 1.83 bits per heavy atom. The fraction of sp³-hybridized carbons (Fsp3) is 0.0444. The molecule has 48 heavy (non-hydrogen) atoms. The summed E-state index contributed by atoms with van der Waals surface area (Å²) in [6.45, 7) is 2.72. The molecule has 232 valence electrons. The van der Waals surface area contributed by atoms with Crippen LogP contribution in [0, 0.1) is 12.3 Å². The number of fused-ring (bicyclic) bond motifs is 8. The maximum Gasteiger partial charge on any atom is 0.136 e. The third kappa shape index (κ3) is 6.20. The van der Waals surface area contributed by atoms with E-state index in [0.717, 1.165) is 33.1 Å². The Hall–Kier alpha value is -6.03. The Morgan fingerprint density at radius 2 is 1.15 bits per heavy atom. The summed E-state index contributed by atoms with van der Waals surface area (Å²) in [5.41, 5.74) is 12.7. The summed E-state index contributed by atoms with van der Waals surface area (Å²) < 4.78 is 6.04. The predicted octanol–water partition coefficient (Wildman–Crippen LogP) is 11.9. The number of nitrogens with two attached hydrogens (primary N) is 1. The van der Waals surface area contributed by atoms with Gasteiger partial charge in [-0.3, -0.25) is 0 Å². The summed E-state index contributed by atoms with van der Waals surface area (Å²) in [6, 6.07) is 56.6. The minimum absolute atomic E-state index is 0.640. The highest BCUT2D eigenvalue weighted by atomic mass is 16.3. The maximum atomic E-state index is 7.80. The van der Waals surface area contributed by atoms with Crippen LogP contribution in [0.4, 0.5) is 0 Å². The normalized spacial score (nSPS) is 10.9. The van der Waals surface area contributed by atoms with Gasteiger partial charge < -0.3 is 15.6 Å². The minimum Gasteiger partial charge on any atom is -0.456 e. The molecule has 0 saturated carbocycles. The topological polar surface area (TPSA) is 63.0 Å². The SMILES string of the molecule is Cc1ccccc1.N=Cc1cccc2oc3ccc(-c4ccc5c(ccc6c7ccccc7ccc56)c4)cc3c12.NCc1ccccc1. The van der Waals surface area contributed by atoms with Crippen molar-refractivity contribution in [2.45, 2.75) is 13.5 Å². The van der Waals surface area contributed by atoms with E-state index in [2.05, 4.69) is 97.9 Å². The molecule has 1 aromatic heterocycles. The lowest BCUT2D eigenvalue weighted by molar-refractivity contribution is 0.669. The molecular weight excluding hydrogens is 585 g/mol. The van der Waals surface area contributed by atoms with E-state index in [1.807, 2.05) is 72.8 Å². The quantitative estimate of drug-likeness (QED) is 0.152. The molecule has 0 fully saturated rings. The average molecular weight is 621 g/mol. The number of hydrogen-bond donors (Lipinski definition) is 2. The second kappa shape index (κ2) is 13.8. The van der Waals surface area contributed by atoms with Crippen LogP contribution < -0.4 is 5.73 Å². The molecule has 3 N–H and O–H groups in total. The molecule has 0 aliphatic carbocycles. The fourth-order valence-corrected chi connectivity index (χ4v) is 6.31. The Morgan fingerprint density at radius 1 is 0.521 bits per heavy atom. The van der Waals surface area contributed by atoms with Crippen molar-refractivity contribution in [1.82, 2.24) is 0 Å². The first kappa shape index (κ1) is 30.6. The molecule has 3 nitrogen and oxygen atoms in total. The highest BCUT2D eigenvalue weighted by Crippen LogP contribution is 2.36. The summed E-state index contributed by atoms with van der Waals surface area (Å²) in [4.78, 5) is 0. The third-order valence-electron chi connectivity index (χ3n) is 8.78. The largest absolute Gasteiger partial charge is 0.456 e. The summed E-state index contributed by atoms with van der Waals surface area (Å²) in [7, 11) is 0. The molecule has 8 aromatic carbocycles.